The SMILES string of the molecule is CC(=O)c1ccc2sc3ncnc(Cl)c3c2c1.CC(=O)c1ccc2sc3ncnc(NC4CCC(N5CCOCC5)CC4)c3c2c1.Cl.Cl.NC1CCC(N2CCOCC2)CC1. The number of nitrogens with one attached hydrogen (secondary N) is 1. The van der Waals surface area contributed by atoms with E-state index in [0.29, 0.717) is 28.8 Å². The van der Waals surface area contributed by atoms with Gasteiger partial charge in [-0.15, -0.1) is 47.5 Å². The van der Waals surface area contributed by atoms with Crippen molar-refractivity contribution in [2.45, 2.75) is 89.4 Å². The van der Waals surface area contributed by atoms with Gasteiger partial charge in [0.05, 0.1) is 37.2 Å². The minimum Gasteiger partial charge on any atom is -0.379 e. The van der Waals surface area contributed by atoms with Crippen LogP contribution in [0, 0.1) is 0 Å². The van der Waals surface area contributed by atoms with E-state index in [1.54, 1.807) is 42.8 Å². The molecular formula is C44H55Cl3N8O4S2. The van der Waals surface area contributed by atoms with Crippen LogP contribution in [-0.2, 0) is 9.47 Å². The summed E-state index contributed by atoms with van der Waals surface area (Å²) in [6, 6.07) is 13.9. The summed E-state index contributed by atoms with van der Waals surface area (Å²) in [4.78, 5) is 47.5. The lowest BCUT2D eigenvalue weighted by Crippen LogP contribution is -2.46. The molecule has 12 nitrogen and oxygen atoms in total. The van der Waals surface area contributed by atoms with Crippen molar-refractivity contribution >= 4 is 117 Å². The number of morpholine rings is 2. The Morgan fingerprint density at radius 1 is 0.672 bits per heavy atom. The van der Waals surface area contributed by atoms with Crippen molar-refractivity contribution in [1.29, 1.82) is 0 Å². The van der Waals surface area contributed by atoms with E-state index in [1.807, 2.05) is 36.4 Å². The maximum absolute atomic E-state index is 11.9. The minimum atomic E-state index is 0. The van der Waals surface area contributed by atoms with Crippen molar-refractivity contribution < 1.29 is 19.1 Å². The van der Waals surface area contributed by atoms with Gasteiger partial charge in [-0.05, 0) is 102 Å². The smallest absolute Gasteiger partial charge is 0.159 e. The number of carbonyl (C=O) groups excluding carboxylic acids is 2. The number of hydrogen-bond acceptors (Lipinski definition) is 14. The summed E-state index contributed by atoms with van der Waals surface area (Å²) in [6.45, 7) is 11.1. The van der Waals surface area contributed by atoms with Gasteiger partial charge in [-0.3, -0.25) is 19.4 Å². The predicted octanol–water partition coefficient (Wildman–Crippen LogP) is 9.24. The molecule has 0 unspecified atom stereocenters. The zero-order valence-corrected chi connectivity index (χ0v) is 38.7. The van der Waals surface area contributed by atoms with Gasteiger partial charge in [-0.1, -0.05) is 11.6 Å². The van der Waals surface area contributed by atoms with Gasteiger partial charge < -0.3 is 20.5 Å². The Kier molecular flexibility index (Phi) is 17.0. The molecule has 2 aliphatic heterocycles. The number of hydrogen-bond donors (Lipinski definition) is 2. The molecule has 4 aliphatic rings. The molecule has 2 saturated carbocycles. The van der Waals surface area contributed by atoms with Gasteiger partial charge in [-0.25, -0.2) is 19.9 Å². The average molecular weight is 930 g/mol. The number of rotatable bonds is 6. The van der Waals surface area contributed by atoms with Gasteiger partial charge in [0.15, 0.2) is 11.6 Å². The summed E-state index contributed by atoms with van der Waals surface area (Å²) in [5, 5.41) is 8.03. The van der Waals surface area contributed by atoms with Crippen molar-refractivity contribution in [3.05, 3.63) is 65.3 Å². The van der Waals surface area contributed by atoms with Crippen LogP contribution in [0.5, 0.6) is 0 Å². The summed E-state index contributed by atoms with van der Waals surface area (Å²) < 4.78 is 13.0. The second kappa shape index (κ2) is 22.0. The molecule has 2 saturated heterocycles. The Morgan fingerprint density at radius 3 is 1.64 bits per heavy atom. The minimum absolute atomic E-state index is 0. The first-order valence-corrected chi connectivity index (χ1v) is 22.9. The molecule has 6 heterocycles. The number of halogens is 3. The van der Waals surface area contributed by atoms with Crippen LogP contribution in [0.1, 0.15) is 85.9 Å². The van der Waals surface area contributed by atoms with E-state index >= 15 is 0 Å². The van der Waals surface area contributed by atoms with Crippen LogP contribution in [0.3, 0.4) is 0 Å². The summed E-state index contributed by atoms with van der Waals surface area (Å²) in [6.07, 6.45) is 12.8. The Hall–Kier alpha value is -3.15. The van der Waals surface area contributed by atoms with Crippen molar-refractivity contribution in [1.82, 2.24) is 29.7 Å². The molecule has 6 aromatic rings. The zero-order chi connectivity index (χ0) is 40.9. The predicted molar refractivity (Wildman–Crippen MR) is 254 cm³/mol. The largest absolute Gasteiger partial charge is 0.379 e. The Labute approximate surface area is 382 Å². The molecule has 4 fully saturated rings. The van der Waals surface area contributed by atoms with E-state index in [9.17, 15) is 9.59 Å². The lowest BCUT2D eigenvalue weighted by Gasteiger charge is -2.39. The van der Waals surface area contributed by atoms with Crippen LogP contribution in [0.2, 0.25) is 5.15 Å². The molecule has 0 bridgehead atoms. The lowest BCUT2D eigenvalue weighted by molar-refractivity contribution is 0.00749. The maximum Gasteiger partial charge on any atom is 0.159 e. The van der Waals surface area contributed by atoms with Crippen LogP contribution in [0.15, 0.2) is 49.1 Å². The second-order valence-electron chi connectivity index (χ2n) is 16.0. The van der Waals surface area contributed by atoms with Crippen LogP contribution in [0.25, 0.3) is 40.6 Å². The summed E-state index contributed by atoms with van der Waals surface area (Å²) in [7, 11) is 0. The van der Waals surface area contributed by atoms with Crippen LogP contribution in [-0.4, -0.2) is 118 Å². The van der Waals surface area contributed by atoms with Crippen LogP contribution in [0.4, 0.5) is 5.82 Å². The number of benzene rings is 2. The van der Waals surface area contributed by atoms with Gasteiger partial charge in [-0.2, -0.15) is 0 Å². The topological polar surface area (TPSA) is 149 Å². The summed E-state index contributed by atoms with van der Waals surface area (Å²) in [5.74, 6) is 1.02. The molecule has 0 spiro atoms. The molecule has 0 amide bonds. The summed E-state index contributed by atoms with van der Waals surface area (Å²) >= 11 is 9.29. The normalized spacial score (nSPS) is 22.3. The van der Waals surface area contributed by atoms with E-state index in [1.165, 1.54) is 44.9 Å². The van der Waals surface area contributed by atoms with Gasteiger partial charge in [0.1, 0.15) is 33.3 Å². The fourth-order valence-electron chi connectivity index (χ4n) is 8.86. The molecule has 0 atom stereocenters. The van der Waals surface area contributed by atoms with E-state index in [-0.39, 0.29) is 36.4 Å². The quantitative estimate of drug-likeness (QED) is 0.121. The first kappa shape index (κ1) is 47.3. The standard InChI is InChI=1S/C22H26N4O2S.C12H7ClN2OS.C10H20N2O.2ClH/c1-14(27)15-2-7-19-18(12-15)20-21(23-13-24-22(20)29-19)25-16-3-5-17(6-4-16)26-8-10-28-11-9-26;1-6(16)7-2-3-9-8(4-7)10-11(13)14-5-15-12(10)17-9;11-9-1-3-10(4-2-9)12-5-7-13-8-6-12;;/h2,7,12-13,16-17H,3-6,8-11H2,1H3,(H,23,24,25);2-5H,1H3;9-10H,1-8,11H2;2*1H. The number of nitrogens with zero attached hydrogens (tertiary/aromatic N) is 6. The van der Waals surface area contributed by atoms with Crippen LogP contribution >= 0.6 is 59.1 Å². The van der Waals surface area contributed by atoms with Crippen LogP contribution < -0.4 is 11.1 Å². The van der Waals surface area contributed by atoms with Crippen molar-refractivity contribution in [3.8, 4) is 0 Å². The third-order valence-electron chi connectivity index (χ3n) is 12.2. The van der Waals surface area contributed by atoms with E-state index in [2.05, 4.69) is 35.1 Å². The molecule has 2 aromatic carbocycles. The van der Waals surface area contributed by atoms with E-state index in [0.717, 1.165) is 123 Å². The fraction of sp³-hybridized carbons (Fsp3) is 0.500. The molecule has 3 N–H and O–H groups in total. The van der Waals surface area contributed by atoms with Gasteiger partial charge in [0.25, 0.3) is 0 Å². The Balaban J connectivity index is 0.000000165. The van der Waals surface area contributed by atoms with Gasteiger partial charge >= 0.3 is 0 Å². The molecule has 328 valence electrons. The van der Waals surface area contributed by atoms with Gasteiger partial charge in [0, 0.05) is 81.6 Å². The lowest BCUT2D eigenvalue weighted by atomic mass is 9.90. The van der Waals surface area contributed by atoms with E-state index in [4.69, 9.17) is 26.8 Å². The molecule has 61 heavy (non-hydrogen) atoms. The number of Topliss-reactive ketones (excluding diaryl/α,β-unsaturated/α-hetero) is 2. The fourth-order valence-corrected chi connectivity index (χ4v) is 11.2. The van der Waals surface area contributed by atoms with Gasteiger partial charge in [0.2, 0.25) is 0 Å². The molecular weight excluding hydrogens is 875 g/mol. The molecule has 17 heteroatoms. The highest BCUT2D eigenvalue weighted by atomic mass is 35.5. The highest BCUT2D eigenvalue weighted by Gasteiger charge is 2.28. The first-order valence-electron chi connectivity index (χ1n) is 20.9. The number of fused-ring (bicyclic) bond motifs is 6. The number of thiophene rings is 2. The zero-order valence-electron chi connectivity index (χ0n) is 34.6. The van der Waals surface area contributed by atoms with E-state index < -0.39 is 0 Å². The maximum atomic E-state index is 11.9. The highest BCUT2D eigenvalue weighted by molar-refractivity contribution is 7.26. The molecule has 10 rings (SSSR count). The van der Waals surface area contributed by atoms with Crippen molar-refractivity contribution in [2.24, 2.45) is 5.73 Å². The average Bonchev–Trinajstić information content (AvgIpc) is 3.84. The number of aromatic nitrogens is 4. The number of ketones is 2. The molecule has 4 aromatic heterocycles. The first-order chi connectivity index (χ1) is 28.7. The number of carbonyl (C=O) groups is 2. The van der Waals surface area contributed by atoms with Crippen molar-refractivity contribution in [3.63, 3.8) is 0 Å². The molecule has 2 aliphatic carbocycles. The summed E-state index contributed by atoms with van der Waals surface area (Å²) in [5.41, 5.74) is 7.30. The highest BCUT2D eigenvalue weighted by Crippen LogP contribution is 2.38. The Bertz CT molecular complexity index is 2410. The Morgan fingerprint density at radius 2 is 1.13 bits per heavy atom. The second-order valence-corrected chi connectivity index (χ2v) is 18.4. The third-order valence-corrected chi connectivity index (χ3v) is 14.7. The number of nitrogens with two attached hydrogens (primary N) is 1. The number of anilines is 1. The number of ether oxygens (including phenoxy) is 2. The molecule has 0 radical (unpaired) electrons. The third kappa shape index (κ3) is 11.3. The monoisotopic (exact) mass is 928 g/mol. The van der Waals surface area contributed by atoms with Crippen molar-refractivity contribution in [2.75, 3.05) is 57.9 Å².